The normalized spacial score (nSPS) is 10.6. The molecular formula is C18H19N3O2. The van der Waals surface area contributed by atoms with E-state index in [1.54, 1.807) is 18.6 Å². The van der Waals surface area contributed by atoms with Gasteiger partial charge in [-0.15, -0.1) is 0 Å². The fraction of sp³-hybridized carbons (Fsp3) is 0.222. The summed E-state index contributed by atoms with van der Waals surface area (Å²) in [7, 11) is 0. The molecule has 0 aliphatic carbocycles. The molecule has 2 aromatic heterocycles. The quantitative estimate of drug-likeness (QED) is 0.683. The Bertz CT molecular complexity index is 733. The van der Waals surface area contributed by atoms with Crippen molar-refractivity contribution in [2.45, 2.75) is 19.4 Å². The van der Waals surface area contributed by atoms with Gasteiger partial charge in [-0.2, -0.15) is 0 Å². The summed E-state index contributed by atoms with van der Waals surface area (Å²) in [5.41, 5.74) is 1.16. The summed E-state index contributed by atoms with van der Waals surface area (Å²) in [4.78, 5) is 16.0. The van der Waals surface area contributed by atoms with Crippen LogP contribution >= 0.6 is 0 Å². The van der Waals surface area contributed by atoms with Crippen LogP contribution in [-0.2, 0) is 13.0 Å². The van der Waals surface area contributed by atoms with Crippen LogP contribution in [0.15, 0.2) is 65.6 Å². The third kappa shape index (κ3) is 4.32. The van der Waals surface area contributed by atoms with Gasteiger partial charge in [-0.05, 0) is 24.1 Å². The van der Waals surface area contributed by atoms with E-state index in [0.29, 0.717) is 18.7 Å². The minimum atomic E-state index is -0.171. The van der Waals surface area contributed by atoms with E-state index in [1.807, 2.05) is 47.2 Å². The zero-order valence-corrected chi connectivity index (χ0v) is 12.8. The van der Waals surface area contributed by atoms with Gasteiger partial charge in [0.2, 0.25) is 0 Å². The molecule has 0 saturated carbocycles. The van der Waals surface area contributed by atoms with Crippen LogP contribution in [0.3, 0.4) is 0 Å². The second-order valence-electron chi connectivity index (χ2n) is 5.34. The zero-order valence-electron chi connectivity index (χ0n) is 12.8. The number of nitrogens with zero attached hydrogens (tertiary/aromatic N) is 2. The van der Waals surface area contributed by atoms with Crippen molar-refractivity contribution in [2.75, 3.05) is 6.54 Å². The van der Waals surface area contributed by atoms with Crippen molar-refractivity contribution >= 4 is 5.91 Å². The van der Waals surface area contributed by atoms with Crippen molar-refractivity contribution < 1.29 is 9.21 Å². The predicted octanol–water partition coefficient (Wildman–Crippen LogP) is 2.89. The number of furan rings is 1. The number of benzene rings is 1. The van der Waals surface area contributed by atoms with Crippen LogP contribution in [0.5, 0.6) is 0 Å². The van der Waals surface area contributed by atoms with Crippen molar-refractivity contribution in [3.05, 3.63) is 78.3 Å². The number of aromatic nitrogens is 2. The Labute approximate surface area is 135 Å². The molecule has 1 aromatic carbocycles. The van der Waals surface area contributed by atoms with Crippen molar-refractivity contribution in [3.8, 4) is 0 Å². The van der Waals surface area contributed by atoms with Gasteiger partial charge in [0.05, 0.1) is 6.33 Å². The highest BCUT2D eigenvalue weighted by molar-refractivity contribution is 5.91. The zero-order chi connectivity index (χ0) is 15.9. The van der Waals surface area contributed by atoms with Gasteiger partial charge in [-0.25, -0.2) is 4.98 Å². The summed E-state index contributed by atoms with van der Waals surface area (Å²) in [6.45, 7) is 1.43. The van der Waals surface area contributed by atoms with Gasteiger partial charge in [0, 0.05) is 31.9 Å². The molecule has 2 heterocycles. The molecule has 0 spiro atoms. The highest BCUT2D eigenvalue weighted by atomic mass is 16.3. The SMILES string of the molecule is O=C(NCCCn1ccnc1)c1ccc(Cc2ccccc2)o1. The van der Waals surface area contributed by atoms with E-state index in [9.17, 15) is 4.79 Å². The summed E-state index contributed by atoms with van der Waals surface area (Å²) in [6, 6.07) is 13.6. The van der Waals surface area contributed by atoms with Gasteiger partial charge in [0.25, 0.3) is 5.91 Å². The van der Waals surface area contributed by atoms with Gasteiger partial charge in [-0.1, -0.05) is 30.3 Å². The Morgan fingerprint density at radius 1 is 1.17 bits per heavy atom. The molecule has 5 heteroatoms. The van der Waals surface area contributed by atoms with E-state index in [-0.39, 0.29) is 5.91 Å². The van der Waals surface area contributed by atoms with E-state index >= 15 is 0 Å². The molecule has 0 radical (unpaired) electrons. The standard InChI is InChI=1S/C18H19N3O2/c22-18(20-9-4-11-21-12-10-19-14-21)17-8-7-16(23-17)13-15-5-2-1-3-6-15/h1-3,5-8,10,12,14H,4,9,11,13H2,(H,20,22). The summed E-state index contributed by atoms with van der Waals surface area (Å²) in [6.07, 6.45) is 6.96. The van der Waals surface area contributed by atoms with Crippen molar-refractivity contribution in [1.82, 2.24) is 14.9 Å². The number of imidazole rings is 1. The maximum Gasteiger partial charge on any atom is 0.286 e. The Balaban J connectivity index is 1.46. The predicted molar refractivity (Wildman–Crippen MR) is 87.1 cm³/mol. The number of amides is 1. The molecule has 5 nitrogen and oxygen atoms in total. The first-order valence-electron chi connectivity index (χ1n) is 7.68. The maximum atomic E-state index is 12.0. The third-order valence-corrected chi connectivity index (χ3v) is 3.54. The lowest BCUT2D eigenvalue weighted by Crippen LogP contribution is -2.24. The first-order chi connectivity index (χ1) is 11.3. The Kier molecular flexibility index (Phi) is 4.88. The fourth-order valence-corrected chi connectivity index (χ4v) is 2.36. The Morgan fingerprint density at radius 2 is 2.04 bits per heavy atom. The minimum absolute atomic E-state index is 0.171. The molecule has 3 rings (SSSR count). The molecule has 0 aliphatic heterocycles. The molecule has 1 N–H and O–H groups in total. The number of aryl methyl sites for hydroxylation is 1. The third-order valence-electron chi connectivity index (χ3n) is 3.54. The Hall–Kier alpha value is -2.82. The van der Waals surface area contributed by atoms with Crippen LogP contribution in [-0.4, -0.2) is 22.0 Å². The van der Waals surface area contributed by atoms with E-state index in [4.69, 9.17) is 4.42 Å². The molecule has 0 aliphatic rings. The van der Waals surface area contributed by atoms with Crippen molar-refractivity contribution in [3.63, 3.8) is 0 Å². The number of carbonyl (C=O) groups is 1. The molecule has 1 amide bonds. The van der Waals surface area contributed by atoms with Gasteiger partial charge in [0.15, 0.2) is 5.76 Å². The number of nitrogens with one attached hydrogen (secondary N) is 1. The maximum absolute atomic E-state index is 12.0. The second kappa shape index (κ2) is 7.45. The lowest BCUT2D eigenvalue weighted by molar-refractivity contribution is 0.0923. The molecule has 23 heavy (non-hydrogen) atoms. The average molecular weight is 309 g/mol. The molecule has 0 saturated heterocycles. The first-order valence-corrected chi connectivity index (χ1v) is 7.68. The lowest BCUT2D eigenvalue weighted by atomic mass is 10.1. The largest absolute Gasteiger partial charge is 0.456 e. The van der Waals surface area contributed by atoms with Crippen LogP contribution in [0.25, 0.3) is 0 Å². The first kappa shape index (κ1) is 15.1. The van der Waals surface area contributed by atoms with Crippen LogP contribution in [0, 0.1) is 0 Å². The van der Waals surface area contributed by atoms with Gasteiger partial charge >= 0.3 is 0 Å². The van der Waals surface area contributed by atoms with Crippen LogP contribution in [0.4, 0.5) is 0 Å². The van der Waals surface area contributed by atoms with Gasteiger partial charge < -0.3 is 14.3 Å². The Morgan fingerprint density at radius 3 is 2.83 bits per heavy atom. The molecular weight excluding hydrogens is 290 g/mol. The number of carbonyl (C=O) groups excluding carboxylic acids is 1. The summed E-state index contributed by atoms with van der Waals surface area (Å²) >= 11 is 0. The van der Waals surface area contributed by atoms with Crippen LogP contribution < -0.4 is 5.32 Å². The van der Waals surface area contributed by atoms with Gasteiger partial charge in [-0.3, -0.25) is 4.79 Å². The summed E-state index contributed by atoms with van der Waals surface area (Å²) in [5.74, 6) is 0.980. The van der Waals surface area contributed by atoms with E-state index in [0.717, 1.165) is 24.3 Å². The van der Waals surface area contributed by atoms with Crippen molar-refractivity contribution in [2.24, 2.45) is 0 Å². The van der Waals surface area contributed by atoms with E-state index in [1.165, 1.54) is 0 Å². The fourth-order valence-electron chi connectivity index (χ4n) is 2.36. The average Bonchev–Trinajstić information content (AvgIpc) is 3.24. The van der Waals surface area contributed by atoms with Gasteiger partial charge in [0.1, 0.15) is 5.76 Å². The van der Waals surface area contributed by atoms with Crippen LogP contribution in [0.2, 0.25) is 0 Å². The summed E-state index contributed by atoms with van der Waals surface area (Å²) in [5, 5.41) is 2.87. The highest BCUT2D eigenvalue weighted by Crippen LogP contribution is 2.13. The molecule has 0 unspecified atom stereocenters. The topological polar surface area (TPSA) is 60.1 Å². The smallest absolute Gasteiger partial charge is 0.286 e. The summed E-state index contributed by atoms with van der Waals surface area (Å²) < 4.78 is 7.61. The highest BCUT2D eigenvalue weighted by Gasteiger charge is 2.10. The van der Waals surface area contributed by atoms with Crippen molar-refractivity contribution in [1.29, 1.82) is 0 Å². The second-order valence-corrected chi connectivity index (χ2v) is 5.34. The number of hydrogen-bond donors (Lipinski definition) is 1. The molecule has 3 aromatic rings. The number of rotatable bonds is 7. The lowest BCUT2D eigenvalue weighted by Gasteiger charge is -2.04. The van der Waals surface area contributed by atoms with E-state index in [2.05, 4.69) is 10.3 Å². The minimum Gasteiger partial charge on any atom is -0.456 e. The van der Waals surface area contributed by atoms with E-state index < -0.39 is 0 Å². The van der Waals surface area contributed by atoms with Crippen LogP contribution in [0.1, 0.15) is 28.3 Å². The molecule has 118 valence electrons. The monoisotopic (exact) mass is 309 g/mol. The molecule has 0 bridgehead atoms. The number of hydrogen-bond acceptors (Lipinski definition) is 3. The molecule has 0 fully saturated rings. The molecule has 0 atom stereocenters.